The number of benzene rings is 1. The van der Waals surface area contributed by atoms with Crippen molar-refractivity contribution in [3.63, 3.8) is 0 Å². The van der Waals surface area contributed by atoms with E-state index in [0.29, 0.717) is 28.5 Å². The first-order chi connectivity index (χ1) is 12.6. The summed E-state index contributed by atoms with van der Waals surface area (Å²) in [6.07, 6.45) is 2.63. The molecular weight excluding hydrogens is 367 g/mol. The van der Waals surface area contributed by atoms with Gasteiger partial charge in [0.25, 0.3) is 5.91 Å². The molecule has 2 heterocycles. The number of fused-ring (bicyclic) bond motifs is 3. The third-order valence-corrected chi connectivity index (χ3v) is 3.64. The molecule has 1 aromatic carbocycles. The summed E-state index contributed by atoms with van der Waals surface area (Å²) in [5.74, 6) is -1.38. The average molecular weight is 395 g/mol. The number of aromatic carboxylic acids is 1. The first-order valence-electron chi connectivity index (χ1n) is 9.16. The van der Waals surface area contributed by atoms with Crippen LogP contribution in [-0.2, 0) is 0 Å². The minimum Gasteiger partial charge on any atom is -0.545 e. The molecule has 5 nitrogen and oxygen atoms in total. The first kappa shape index (κ1) is 25.8. The van der Waals surface area contributed by atoms with Crippen LogP contribution in [0.2, 0.25) is 0 Å². The maximum atomic E-state index is 12.1. The number of amides is 1. The summed E-state index contributed by atoms with van der Waals surface area (Å²) in [5.41, 5.74) is 1.90. The van der Waals surface area contributed by atoms with E-state index in [2.05, 4.69) is 5.32 Å². The normalized spacial score (nSPS) is 9.37. The first-order valence-corrected chi connectivity index (χ1v) is 9.16. The second-order valence-electron chi connectivity index (χ2n) is 5.11. The van der Waals surface area contributed by atoms with E-state index in [-0.39, 0.29) is 62.9 Å². The molecular formula is C21H27KN2O3. The second-order valence-corrected chi connectivity index (χ2v) is 5.11. The van der Waals surface area contributed by atoms with Gasteiger partial charge in [-0.15, -0.1) is 0 Å². The van der Waals surface area contributed by atoms with Crippen molar-refractivity contribution < 1.29 is 66.1 Å². The van der Waals surface area contributed by atoms with E-state index in [4.69, 9.17) is 0 Å². The zero-order valence-corrected chi connectivity index (χ0v) is 20.3. The van der Waals surface area contributed by atoms with Gasteiger partial charge in [-0.1, -0.05) is 46.8 Å². The Morgan fingerprint density at radius 2 is 1.70 bits per heavy atom. The molecule has 0 radical (unpaired) electrons. The summed E-state index contributed by atoms with van der Waals surface area (Å²) in [5, 5.41) is 14.8. The summed E-state index contributed by atoms with van der Waals surface area (Å²) >= 11 is 0. The van der Waals surface area contributed by atoms with Crippen molar-refractivity contribution in [3.8, 4) is 0 Å². The van der Waals surface area contributed by atoms with Gasteiger partial charge in [0.1, 0.15) is 0 Å². The van der Waals surface area contributed by atoms with Crippen molar-refractivity contribution in [1.29, 1.82) is 0 Å². The van der Waals surface area contributed by atoms with Crippen molar-refractivity contribution in [2.45, 2.75) is 41.0 Å². The van der Waals surface area contributed by atoms with Gasteiger partial charge in [0.05, 0.1) is 17.0 Å². The molecule has 6 heteroatoms. The summed E-state index contributed by atoms with van der Waals surface area (Å²) in [4.78, 5) is 23.5. The van der Waals surface area contributed by atoms with Crippen LogP contribution in [0.1, 0.15) is 61.8 Å². The summed E-state index contributed by atoms with van der Waals surface area (Å²) < 4.78 is 1.76. The molecule has 140 valence electrons. The minimum atomic E-state index is -1.22. The van der Waals surface area contributed by atoms with Crippen molar-refractivity contribution >= 4 is 28.3 Å². The fraction of sp³-hybridized carbons (Fsp3) is 0.333. The van der Waals surface area contributed by atoms with Crippen molar-refractivity contribution in [2.24, 2.45) is 0 Å². The zero-order valence-electron chi connectivity index (χ0n) is 17.1. The van der Waals surface area contributed by atoms with Crippen LogP contribution in [0.25, 0.3) is 16.4 Å². The second kappa shape index (κ2) is 13.1. The van der Waals surface area contributed by atoms with E-state index in [0.717, 1.165) is 6.42 Å². The number of hydrogen-bond donors (Lipinski definition) is 1. The maximum Gasteiger partial charge on any atom is 1.00 e. The van der Waals surface area contributed by atoms with Gasteiger partial charge in [0.15, 0.2) is 0 Å². The summed E-state index contributed by atoms with van der Waals surface area (Å²) in [7, 11) is 0. The zero-order chi connectivity index (χ0) is 19.7. The van der Waals surface area contributed by atoms with Crippen LogP contribution in [0.15, 0.2) is 42.6 Å². The molecule has 0 saturated carbocycles. The molecule has 0 aliphatic heterocycles. The molecule has 0 fully saturated rings. The van der Waals surface area contributed by atoms with Crippen LogP contribution in [-0.4, -0.2) is 22.8 Å². The van der Waals surface area contributed by atoms with Crippen molar-refractivity contribution in [2.75, 3.05) is 6.54 Å². The fourth-order valence-corrected chi connectivity index (χ4v) is 2.63. The molecule has 0 spiro atoms. The molecule has 0 aliphatic rings. The van der Waals surface area contributed by atoms with E-state index in [1.165, 1.54) is 0 Å². The minimum absolute atomic E-state index is 0. The quantitative estimate of drug-likeness (QED) is 0.661. The van der Waals surface area contributed by atoms with Gasteiger partial charge < -0.3 is 19.6 Å². The van der Waals surface area contributed by atoms with Crippen LogP contribution >= 0.6 is 0 Å². The molecule has 0 unspecified atom stereocenters. The Kier molecular flexibility index (Phi) is 12.5. The predicted molar refractivity (Wildman–Crippen MR) is 105 cm³/mol. The van der Waals surface area contributed by atoms with Crippen molar-refractivity contribution in [1.82, 2.24) is 9.72 Å². The Hall–Kier alpha value is -1.18. The Morgan fingerprint density at radius 1 is 1.04 bits per heavy atom. The average Bonchev–Trinajstić information content (AvgIpc) is 3.03. The number of carbonyl (C=O) groups is 2. The number of carboxylic acid groups (broad SMARTS) is 1. The number of carbonyl (C=O) groups excluding carboxylic acids is 2. The number of pyridine rings is 1. The fourth-order valence-electron chi connectivity index (χ4n) is 2.63. The number of nitrogens with one attached hydrogen (secondary N) is 1. The van der Waals surface area contributed by atoms with Crippen LogP contribution in [0.3, 0.4) is 0 Å². The molecule has 0 aliphatic carbocycles. The Balaban J connectivity index is 0.00000127. The van der Waals surface area contributed by atoms with E-state index in [1.807, 2.05) is 40.7 Å². The van der Waals surface area contributed by atoms with Gasteiger partial charge in [-0.05, 0) is 30.7 Å². The van der Waals surface area contributed by atoms with Gasteiger partial charge in [0.2, 0.25) is 0 Å². The smallest absolute Gasteiger partial charge is 0.545 e. The van der Waals surface area contributed by atoms with Crippen LogP contribution in [0, 0.1) is 0 Å². The Labute approximate surface area is 203 Å². The van der Waals surface area contributed by atoms with E-state index >= 15 is 0 Å². The van der Waals surface area contributed by atoms with E-state index < -0.39 is 5.97 Å². The summed E-state index contributed by atoms with van der Waals surface area (Å²) in [6.45, 7) is 10.6. The number of carboxylic acids is 1. The largest absolute Gasteiger partial charge is 1.00 e. The number of hydrogen-bond acceptors (Lipinski definition) is 3. The molecule has 1 amide bonds. The SMILES string of the molecule is CC.CC.CCCNC(=O)c1ccc2c(C(=O)[O-])c3ccccn3c2c1.[K+]. The molecule has 0 saturated heterocycles. The van der Waals surface area contributed by atoms with Crippen LogP contribution < -0.4 is 61.8 Å². The molecule has 0 bridgehead atoms. The van der Waals surface area contributed by atoms with Crippen molar-refractivity contribution in [3.05, 3.63) is 53.7 Å². The van der Waals surface area contributed by atoms with Gasteiger partial charge in [-0.3, -0.25) is 4.79 Å². The van der Waals surface area contributed by atoms with E-state index in [1.54, 1.807) is 40.9 Å². The third-order valence-electron chi connectivity index (χ3n) is 3.64. The summed E-state index contributed by atoms with van der Waals surface area (Å²) in [6, 6.07) is 10.3. The van der Waals surface area contributed by atoms with Crippen LogP contribution in [0.5, 0.6) is 0 Å². The third kappa shape index (κ3) is 5.89. The molecule has 1 N–H and O–H groups in total. The van der Waals surface area contributed by atoms with Crippen LogP contribution in [0.4, 0.5) is 0 Å². The Bertz CT molecular complexity index is 888. The Morgan fingerprint density at radius 3 is 2.30 bits per heavy atom. The van der Waals surface area contributed by atoms with Gasteiger partial charge in [-0.2, -0.15) is 0 Å². The van der Waals surface area contributed by atoms with Gasteiger partial charge in [0, 0.05) is 29.3 Å². The number of nitrogens with zero attached hydrogens (tertiary/aromatic N) is 1. The predicted octanol–water partition coefficient (Wildman–Crippen LogP) is 0.652. The number of rotatable bonds is 4. The molecule has 3 aromatic rings. The molecule has 2 aromatic heterocycles. The van der Waals surface area contributed by atoms with E-state index in [9.17, 15) is 14.7 Å². The van der Waals surface area contributed by atoms with Gasteiger partial charge in [-0.25, -0.2) is 0 Å². The molecule has 3 rings (SSSR count). The topological polar surface area (TPSA) is 73.6 Å². The molecule has 27 heavy (non-hydrogen) atoms. The standard InChI is InChI=1S/C17H16N2O3.2C2H6.K/c1-2-8-18-16(20)11-6-7-12-14(10-11)19-9-4-3-5-13(19)15(12)17(21)22;2*1-2;/h3-7,9-10H,2,8H2,1H3,(H,18,20)(H,21,22);2*1-2H3;/q;;;+1/p-1. The van der Waals surface area contributed by atoms with Gasteiger partial charge >= 0.3 is 51.4 Å². The number of aromatic nitrogens is 1. The maximum absolute atomic E-state index is 12.1. The molecule has 0 atom stereocenters. The monoisotopic (exact) mass is 394 g/mol.